The SMILES string of the molecule is CCNC(CCSC(C)C(C)O)C(N)=O. The van der Waals surface area contributed by atoms with Crippen LogP contribution in [-0.4, -0.2) is 40.7 Å². The predicted octanol–water partition coefficient (Wildman–Crippen LogP) is 0.342. The number of hydrogen-bond donors (Lipinski definition) is 3. The molecule has 0 saturated heterocycles. The predicted molar refractivity (Wildman–Crippen MR) is 64.9 cm³/mol. The molecule has 0 aliphatic rings. The highest BCUT2D eigenvalue weighted by molar-refractivity contribution is 7.99. The normalized spacial score (nSPS) is 17.1. The van der Waals surface area contributed by atoms with Crippen LogP contribution in [0.25, 0.3) is 0 Å². The molecule has 0 aliphatic carbocycles. The van der Waals surface area contributed by atoms with E-state index in [0.717, 1.165) is 12.3 Å². The maximum absolute atomic E-state index is 11.0. The van der Waals surface area contributed by atoms with Gasteiger partial charge in [-0.25, -0.2) is 0 Å². The highest BCUT2D eigenvalue weighted by atomic mass is 32.2. The maximum atomic E-state index is 11.0. The Hall–Kier alpha value is -0.260. The molecule has 0 radical (unpaired) electrons. The average Bonchev–Trinajstić information content (AvgIpc) is 2.15. The molecule has 0 bridgehead atoms. The Morgan fingerprint density at radius 1 is 1.53 bits per heavy atom. The summed E-state index contributed by atoms with van der Waals surface area (Å²) in [5, 5.41) is 12.5. The molecule has 0 heterocycles. The standard InChI is InChI=1S/C10H22N2O2S/c1-4-12-9(10(11)14)5-6-15-8(3)7(2)13/h7-9,12-13H,4-6H2,1-3H3,(H2,11,14). The lowest BCUT2D eigenvalue weighted by molar-refractivity contribution is -0.120. The number of carbonyl (C=O) groups excluding carboxylic acids is 1. The van der Waals surface area contributed by atoms with E-state index in [1.54, 1.807) is 18.7 Å². The van der Waals surface area contributed by atoms with Gasteiger partial charge in [-0.05, 0) is 25.6 Å². The van der Waals surface area contributed by atoms with Crippen molar-refractivity contribution in [3.05, 3.63) is 0 Å². The van der Waals surface area contributed by atoms with Crippen LogP contribution in [0.15, 0.2) is 0 Å². The molecule has 0 rings (SSSR count). The van der Waals surface area contributed by atoms with Gasteiger partial charge in [0.1, 0.15) is 0 Å². The zero-order valence-electron chi connectivity index (χ0n) is 9.69. The van der Waals surface area contributed by atoms with E-state index in [4.69, 9.17) is 5.73 Å². The summed E-state index contributed by atoms with van der Waals surface area (Å²) in [4.78, 5) is 11.0. The van der Waals surface area contributed by atoms with Gasteiger partial charge in [0.05, 0.1) is 12.1 Å². The molecule has 0 spiro atoms. The fourth-order valence-corrected chi connectivity index (χ4v) is 2.12. The van der Waals surface area contributed by atoms with Crippen molar-refractivity contribution in [2.75, 3.05) is 12.3 Å². The van der Waals surface area contributed by atoms with E-state index in [1.165, 1.54) is 0 Å². The summed E-state index contributed by atoms with van der Waals surface area (Å²) in [5.74, 6) is 0.523. The van der Waals surface area contributed by atoms with Gasteiger partial charge >= 0.3 is 0 Å². The smallest absolute Gasteiger partial charge is 0.234 e. The first-order valence-electron chi connectivity index (χ1n) is 5.31. The molecule has 0 fully saturated rings. The number of nitrogens with two attached hydrogens (primary N) is 1. The van der Waals surface area contributed by atoms with E-state index in [9.17, 15) is 9.90 Å². The number of likely N-dealkylation sites (N-methyl/N-ethyl adjacent to an activating group) is 1. The van der Waals surface area contributed by atoms with Crippen LogP contribution in [0.3, 0.4) is 0 Å². The van der Waals surface area contributed by atoms with Crippen molar-refractivity contribution in [1.82, 2.24) is 5.32 Å². The lowest BCUT2D eigenvalue weighted by atomic mass is 10.2. The van der Waals surface area contributed by atoms with Crippen LogP contribution < -0.4 is 11.1 Å². The summed E-state index contributed by atoms with van der Waals surface area (Å²) >= 11 is 1.66. The summed E-state index contributed by atoms with van der Waals surface area (Å²) in [6, 6.07) is -0.247. The van der Waals surface area contributed by atoms with Gasteiger partial charge in [0, 0.05) is 5.25 Å². The second-order valence-electron chi connectivity index (χ2n) is 3.62. The fourth-order valence-electron chi connectivity index (χ4n) is 1.10. The third kappa shape index (κ3) is 6.76. The molecule has 4 N–H and O–H groups in total. The van der Waals surface area contributed by atoms with Crippen LogP contribution >= 0.6 is 11.8 Å². The molecule has 1 amide bonds. The van der Waals surface area contributed by atoms with Gasteiger partial charge in [-0.1, -0.05) is 13.8 Å². The van der Waals surface area contributed by atoms with Crippen molar-refractivity contribution in [2.45, 2.75) is 44.6 Å². The van der Waals surface area contributed by atoms with Gasteiger partial charge in [0.25, 0.3) is 0 Å². The molecule has 5 heteroatoms. The molecule has 0 saturated carbocycles. The van der Waals surface area contributed by atoms with Gasteiger partial charge in [-0.15, -0.1) is 0 Å². The second-order valence-corrected chi connectivity index (χ2v) is 5.10. The number of aliphatic hydroxyl groups excluding tert-OH is 1. The number of nitrogens with one attached hydrogen (secondary N) is 1. The van der Waals surface area contributed by atoms with Crippen LogP contribution in [0.2, 0.25) is 0 Å². The summed E-state index contributed by atoms with van der Waals surface area (Å²) in [6.45, 7) is 6.43. The van der Waals surface area contributed by atoms with Crippen molar-refractivity contribution in [3.63, 3.8) is 0 Å². The van der Waals surface area contributed by atoms with Crippen LogP contribution in [0, 0.1) is 0 Å². The number of carbonyl (C=O) groups is 1. The zero-order valence-corrected chi connectivity index (χ0v) is 10.5. The minimum absolute atomic E-state index is 0.195. The molecule has 4 nitrogen and oxygen atoms in total. The van der Waals surface area contributed by atoms with Gasteiger partial charge in [0.2, 0.25) is 5.91 Å². The Labute approximate surface area is 96.0 Å². The molecule has 0 aromatic heterocycles. The molecule has 15 heavy (non-hydrogen) atoms. The van der Waals surface area contributed by atoms with Crippen molar-refractivity contribution in [3.8, 4) is 0 Å². The Morgan fingerprint density at radius 2 is 2.13 bits per heavy atom. The highest BCUT2D eigenvalue weighted by Crippen LogP contribution is 2.15. The second kappa shape index (κ2) is 7.96. The molecule has 0 aromatic rings. The lowest BCUT2D eigenvalue weighted by Crippen LogP contribution is -2.41. The first kappa shape index (κ1) is 14.7. The highest BCUT2D eigenvalue weighted by Gasteiger charge is 2.15. The van der Waals surface area contributed by atoms with E-state index in [-0.39, 0.29) is 23.3 Å². The van der Waals surface area contributed by atoms with E-state index >= 15 is 0 Å². The molecule has 3 atom stereocenters. The zero-order chi connectivity index (χ0) is 11.8. The fraction of sp³-hybridized carbons (Fsp3) is 0.900. The summed E-state index contributed by atoms with van der Waals surface area (Å²) in [7, 11) is 0. The third-order valence-electron chi connectivity index (χ3n) is 2.26. The topological polar surface area (TPSA) is 75.3 Å². The Balaban J connectivity index is 3.75. The minimum Gasteiger partial charge on any atom is -0.392 e. The average molecular weight is 234 g/mol. The lowest BCUT2D eigenvalue weighted by Gasteiger charge is -2.17. The van der Waals surface area contributed by atoms with Crippen molar-refractivity contribution < 1.29 is 9.90 Å². The molecule has 0 aromatic carbocycles. The molecule has 3 unspecified atom stereocenters. The van der Waals surface area contributed by atoms with Crippen LogP contribution in [-0.2, 0) is 4.79 Å². The number of rotatable bonds is 8. The molecule has 90 valence electrons. The Morgan fingerprint density at radius 3 is 2.53 bits per heavy atom. The first-order chi connectivity index (χ1) is 6.99. The van der Waals surface area contributed by atoms with Crippen LogP contribution in [0.1, 0.15) is 27.2 Å². The quantitative estimate of drug-likeness (QED) is 0.566. The number of amides is 1. The van der Waals surface area contributed by atoms with Crippen LogP contribution in [0.5, 0.6) is 0 Å². The number of hydrogen-bond acceptors (Lipinski definition) is 4. The van der Waals surface area contributed by atoms with Gasteiger partial charge in [-0.2, -0.15) is 11.8 Å². The summed E-state index contributed by atoms with van der Waals surface area (Å²) in [5.41, 5.74) is 5.24. The van der Waals surface area contributed by atoms with Crippen LogP contribution in [0.4, 0.5) is 0 Å². The molecular formula is C10H22N2O2S. The molecular weight excluding hydrogens is 212 g/mol. The monoisotopic (exact) mass is 234 g/mol. The molecule has 0 aliphatic heterocycles. The number of thioether (sulfide) groups is 1. The largest absolute Gasteiger partial charge is 0.392 e. The number of aliphatic hydroxyl groups is 1. The van der Waals surface area contributed by atoms with Gasteiger partial charge in [0.15, 0.2) is 0 Å². The van der Waals surface area contributed by atoms with E-state index < -0.39 is 0 Å². The van der Waals surface area contributed by atoms with E-state index in [2.05, 4.69) is 5.32 Å². The van der Waals surface area contributed by atoms with E-state index in [1.807, 2.05) is 13.8 Å². The third-order valence-corrected chi connectivity index (χ3v) is 3.65. The van der Waals surface area contributed by atoms with Gasteiger partial charge < -0.3 is 16.2 Å². The summed E-state index contributed by atoms with van der Waals surface area (Å²) < 4.78 is 0. The van der Waals surface area contributed by atoms with Crippen molar-refractivity contribution in [1.29, 1.82) is 0 Å². The van der Waals surface area contributed by atoms with Gasteiger partial charge in [-0.3, -0.25) is 4.79 Å². The number of primary amides is 1. The van der Waals surface area contributed by atoms with Crippen molar-refractivity contribution in [2.24, 2.45) is 5.73 Å². The maximum Gasteiger partial charge on any atom is 0.234 e. The minimum atomic E-state index is -0.318. The van der Waals surface area contributed by atoms with E-state index in [0.29, 0.717) is 6.42 Å². The first-order valence-corrected chi connectivity index (χ1v) is 6.36. The Bertz CT molecular complexity index is 188. The van der Waals surface area contributed by atoms with Crippen molar-refractivity contribution >= 4 is 17.7 Å². The Kier molecular flexibility index (Phi) is 7.82. The summed E-state index contributed by atoms with van der Waals surface area (Å²) in [6.07, 6.45) is 0.395.